The van der Waals surface area contributed by atoms with Crippen LogP contribution in [-0.2, 0) is 19.0 Å². The Kier molecular flexibility index (Phi) is 19.9. The number of alkyl halides is 7. The molecule has 324 valence electrons. The van der Waals surface area contributed by atoms with Crippen LogP contribution in [0.4, 0.5) is 30.7 Å². The van der Waals surface area contributed by atoms with E-state index in [0.717, 1.165) is 38.5 Å². The van der Waals surface area contributed by atoms with Crippen LogP contribution in [0, 0.1) is 17.8 Å². The normalized spacial score (nSPS) is 19.0. The van der Waals surface area contributed by atoms with Crippen molar-refractivity contribution in [2.45, 2.75) is 139 Å². The number of halogens is 7. The molecule has 5 atom stereocenters. The Hall–Kier alpha value is -3.09. The number of thiocarbonyl (C=S) groups is 1. The highest BCUT2D eigenvalue weighted by Crippen LogP contribution is 2.49. The second-order valence-electron chi connectivity index (χ2n) is 14.9. The van der Waals surface area contributed by atoms with E-state index >= 15 is 0 Å². The third-order valence-electron chi connectivity index (χ3n) is 10.6. The molecule has 1 heterocycles. The number of hydrogen-bond acceptors (Lipinski definition) is 9. The Balaban J connectivity index is 1.67. The first-order valence-corrected chi connectivity index (χ1v) is 20.1. The Morgan fingerprint density at radius 2 is 1.46 bits per heavy atom. The Bertz CT molecular complexity index is 1400. The van der Waals surface area contributed by atoms with Crippen LogP contribution >= 0.6 is 12.2 Å². The van der Waals surface area contributed by atoms with Crippen molar-refractivity contribution in [1.29, 1.82) is 0 Å². The number of aliphatic hydroxyl groups is 2. The molecule has 2 saturated carbocycles. The van der Waals surface area contributed by atoms with E-state index in [0.29, 0.717) is 37.7 Å². The van der Waals surface area contributed by atoms with Crippen molar-refractivity contribution in [3.8, 4) is 0 Å². The van der Waals surface area contributed by atoms with Crippen molar-refractivity contribution in [3.05, 3.63) is 42.2 Å². The molecular formula is C39H56F7N3O7S. The Morgan fingerprint density at radius 1 is 0.877 bits per heavy atom. The van der Waals surface area contributed by atoms with Gasteiger partial charge in [0.1, 0.15) is 19.3 Å². The number of pyridine rings is 1. The van der Waals surface area contributed by atoms with Gasteiger partial charge in [-0.1, -0.05) is 76.4 Å². The quantitative estimate of drug-likeness (QED) is 0.0306. The zero-order chi connectivity index (χ0) is 42.1. The largest absolute Gasteiger partial charge is 0.469 e. The van der Waals surface area contributed by atoms with E-state index in [2.05, 4.69) is 15.6 Å². The number of nitrogens with one attached hydrogen (secondary N) is 2. The monoisotopic (exact) mass is 843 g/mol. The van der Waals surface area contributed by atoms with Crippen LogP contribution in [0.5, 0.6) is 0 Å². The molecule has 0 radical (unpaired) electrons. The second-order valence-corrected chi connectivity index (χ2v) is 15.3. The van der Waals surface area contributed by atoms with Gasteiger partial charge in [0.05, 0.1) is 37.0 Å². The predicted octanol–water partition coefficient (Wildman–Crippen LogP) is 7.47. The van der Waals surface area contributed by atoms with E-state index in [9.17, 15) is 50.5 Å². The van der Waals surface area contributed by atoms with E-state index in [-0.39, 0.29) is 50.4 Å². The number of rotatable bonds is 22. The predicted molar refractivity (Wildman–Crippen MR) is 201 cm³/mol. The van der Waals surface area contributed by atoms with Gasteiger partial charge in [0.2, 0.25) is 5.91 Å². The first kappa shape index (κ1) is 48.3. The summed E-state index contributed by atoms with van der Waals surface area (Å²) >= 11 is 5.39. The van der Waals surface area contributed by atoms with Gasteiger partial charge in [0.25, 0.3) is 5.17 Å². The molecule has 0 unspecified atom stereocenters. The summed E-state index contributed by atoms with van der Waals surface area (Å²) in [7, 11) is 0. The van der Waals surface area contributed by atoms with Crippen LogP contribution in [0.3, 0.4) is 0 Å². The highest BCUT2D eigenvalue weighted by atomic mass is 32.1. The molecule has 0 saturated heterocycles. The zero-order valence-corrected chi connectivity index (χ0v) is 33.0. The number of ether oxygens (including phenoxy) is 3. The van der Waals surface area contributed by atoms with E-state index in [1.165, 1.54) is 12.4 Å². The maximum absolute atomic E-state index is 14.9. The van der Waals surface area contributed by atoms with Gasteiger partial charge >= 0.3 is 24.0 Å². The van der Waals surface area contributed by atoms with Crippen LogP contribution in [0.25, 0.3) is 0 Å². The van der Waals surface area contributed by atoms with Crippen molar-refractivity contribution in [2.75, 3.05) is 26.4 Å². The first-order valence-electron chi connectivity index (χ1n) is 19.7. The number of carbonyl (C=O) groups excluding carboxylic acids is 2. The van der Waals surface area contributed by atoms with Crippen molar-refractivity contribution < 1.29 is 64.7 Å². The number of esters is 1. The standard InChI is InChI=1S/C39H56F7N3O7S/c1-2-3-15-28(34(52)48-31(23-27-13-8-5-9-14-27)33(51)37(40,41)38(42,43)39(44,45)46)24-32(50)30(22-26-11-6-4-7-12-26)49-36(57)56-21-19-54-18-20-55-35(53)29-16-10-17-47-25-29/h2-3,10,16-17,25-28,30-33,50-51H,4-9,11-15,18-24H2,1H3,(H,48,52)(H,49,57)/b3-2+/t28-,30+,31+,32+,33-/m1/s1. The Labute approximate surface area is 334 Å². The minimum Gasteiger partial charge on any atom is -0.469 e. The fourth-order valence-corrected chi connectivity index (χ4v) is 7.62. The highest BCUT2D eigenvalue weighted by molar-refractivity contribution is 7.80. The summed E-state index contributed by atoms with van der Waals surface area (Å²) in [5.41, 5.74) is 0.297. The van der Waals surface area contributed by atoms with E-state index in [1.807, 2.05) is 0 Å². The lowest BCUT2D eigenvalue weighted by Gasteiger charge is -2.38. The summed E-state index contributed by atoms with van der Waals surface area (Å²) < 4.78 is 113. The summed E-state index contributed by atoms with van der Waals surface area (Å²) in [4.78, 5) is 29.6. The molecule has 18 heteroatoms. The number of allylic oxidation sites excluding steroid dienone is 2. The average molecular weight is 844 g/mol. The third-order valence-corrected chi connectivity index (χ3v) is 10.9. The molecule has 1 aromatic rings. The summed E-state index contributed by atoms with van der Waals surface area (Å²) in [6.45, 7) is 1.80. The lowest BCUT2D eigenvalue weighted by atomic mass is 9.81. The molecule has 0 spiro atoms. The maximum atomic E-state index is 14.9. The molecule has 1 aromatic heterocycles. The minimum absolute atomic E-state index is 0.00365. The van der Waals surface area contributed by atoms with Gasteiger partial charge in [-0.15, -0.1) is 0 Å². The minimum atomic E-state index is -6.66. The van der Waals surface area contributed by atoms with Crippen LogP contribution in [0.1, 0.15) is 107 Å². The lowest BCUT2D eigenvalue weighted by Crippen LogP contribution is -2.63. The second kappa shape index (κ2) is 23.5. The summed E-state index contributed by atoms with van der Waals surface area (Å²) in [6.07, 6.45) is 2.17. The summed E-state index contributed by atoms with van der Waals surface area (Å²) in [5, 5.41) is 27.3. The molecule has 0 aliphatic heterocycles. The van der Waals surface area contributed by atoms with Gasteiger partial charge in [-0.25, -0.2) is 4.79 Å². The zero-order valence-electron chi connectivity index (χ0n) is 32.2. The van der Waals surface area contributed by atoms with Crippen LogP contribution in [0.2, 0.25) is 0 Å². The molecule has 10 nitrogen and oxygen atoms in total. The number of amides is 1. The molecule has 2 fully saturated rings. The van der Waals surface area contributed by atoms with Gasteiger partial charge < -0.3 is 35.1 Å². The van der Waals surface area contributed by atoms with Crippen molar-refractivity contribution in [3.63, 3.8) is 0 Å². The topological polar surface area (TPSA) is 139 Å². The molecule has 3 rings (SSSR count). The number of carbonyl (C=O) groups is 2. The number of hydrogen-bond donors (Lipinski definition) is 4. The molecule has 2 aliphatic rings. The smallest absolute Gasteiger partial charge is 0.459 e. The Morgan fingerprint density at radius 3 is 2.00 bits per heavy atom. The van der Waals surface area contributed by atoms with Gasteiger partial charge in [-0.05, 0) is 68.8 Å². The molecular weight excluding hydrogens is 787 g/mol. The molecule has 0 bridgehead atoms. The van der Waals surface area contributed by atoms with Gasteiger partial charge in [0.15, 0.2) is 0 Å². The first-order chi connectivity index (χ1) is 27.0. The fraction of sp³-hybridized carbons (Fsp3) is 0.744. The summed E-state index contributed by atoms with van der Waals surface area (Å²) in [6, 6.07) is 0.289. The number of aromatic nitrogens is 1. The van der Waals surface area contributed by atoms with E-state index < -0.39 is 72.4 Å². The van der Waals surface area contributed by atoms with Gasteiger partial charge in [-0.3, -0.25) is 9.78 Å². The molecule has 4 N–H and O–H groups in total. The molecule has 1 amide bonds. The van der Waals surface area contributed by atoms with E-state index in [4.69, 9.17) is 26.4 Å². The average Bonchev–Trinajstić information content (AvgIpc) is 3.18. The molecule has 0 aromatic carbocycles. The molecule has 2 aliphatic carbocycles. The summed E-state index contributed by atoms with van der Waals surface area (Å²) in [5.74, 6) is -15.4. The fourth-order valence-electron chi connectivity index (χ4n) is 7.39. The van der Waals surface area contributed by atoms with Crippen molar-refractivity contribution in [1.82, 2.24) is 15.6 Å². The third kappa shape index (κ3) is 15.2. The number of nitrogens with zero attached hydrogens (tertiary/aromatic N) is 1. The van der Waals surface area contributed by atoms with Gasteiger partial charge in [-0.2, -0.15) is 30.7 Å². The highest BCUT2D eigenvalue weighted by Gasteiger charge is 2.76. The van der Waals surface area contributed by atoms with Crippen LogP contribution < -0.4 is 10.6 Å². The van der Waals surface area contributed by atoms with Crippen LogP contribution in [0.15, 0.2) is 36.7 Å². The maximum Gasteiger partial charge on any atom is 0.459 e. The lowest BCUT2D eigenvalue weighted by molar-refractivity contribution is -0.372. The van der Waals surface area contributed by atoms with Crippen LogP contribution in [-0.4, -0.2) is 101 Å². The van der Waals surface area contributed by atoms with Crippen molar-refractivity contribution in [2.24, 2.45) is 17.8 Å². The number of aliphatic hydroxyl groups excluding tert-OH is 2. The molecule has 57 heavy (non-hydrogen) atoms. The van der Waals surface area contributed by atoms with Crippen molar-refractivity contribution >= 4 is 29.3 Å². The van der Waals surface area contributed by atoms with E-state index in [1.54, 1.807) is 31.2 Å². The van der Waals surface area contributed by atoms with Gasteiger partial charge in [0, 0.05) is 18.3 Å². The SMILES string of the molecule is C/C=C/C[C@H](C[C@H](O)[C@H](CC1CCCCC1)NC(=S)OCCOCCOC(=O)c1cccnc1)C(=O)N[C@@H](CC1CCCCC1)[C@@H](O)C(F)(F)C(F)(F)C(F)(F)F.